The van der Waals surface area contributed by atoms with E-state index in [-0.39, 0.29) is 22.8 Å². The van der Waals surface area contributed by atoms with Gasteiger partial charge in [0.1, 0.15) is 11.6 Å². The molecule has 0 saturated heterocycles. The molecule has 3 aromatic carbocycles. The first-order chi connectivity index (χ1) is 23.5. The molecule has 0 spiro atoms. The number of rotatable bonds is 12. The zero-order valence-electron chi connectivity index (χ0n) is 29.8. The molecule has 0 aliphatic heterocycles. The van der Waals surface area contributed by atoms with Crippen LogP contribution in [0.4, 0.5) is 10.1 Å². The molecule has 1 aromatic heterocycles. The van der Waals surface area contributed by atoms with Gasteiger partial charge in [-0.2, -0.15) is 0 Å². The van der Waals surface area contributed by atoms with E-state index in [9.17, 15) is 9.18 Å². The second-order valence-corrected chi connectivity index (χ2v) is 14.2. The molecule has 0 bridgehead atoms. The summed E-state index contributed by atoms with van der Waals surface area (Å²) in [6.07, 6.45) is 6.09. The number of nitrogens with one attached hydrogen (secondary N) is 1. The van der Waals surface area contributed by atoms with Crippen LogP contribution in [0.15, 0.2) is 95.5 Å². The van der Waals surface area contributed by atoms with Gasteiger partial charge in [-0.1, -0.05) is 63.2 Å². The predicted molar refractivity (Wildman–Crippen MR) is 199 cm³/mol. The van der Waals surface area contributed by atoms with Gasteiger partial charge in [-0.05, 0) is 86.0 Å². The highest BCUT2D eigenvalue weighted by Gasteiger charge is 2.40. The van der Waals surface area contributed by atoms with Crippen LogP contribution >= 0.6 is 0 Å². The highest BCUT2D eigenvalue weighted by molar-refractivity contribution is 5.95. The Morgan fingerprint density at radius 2 is 1.92 bits per heavy atom. The molecule has 0 radical (unpaired) electrons. The van der Waals surface area contributed by atoms with E-state index in [1.165, 1.54) is 23.3 Å². The third-order valence-electron chi connectivity index (χ3n) is 10.00. The van der Waals surface area contributed by atoms with Crippen LogP contribution in [0.25, 0.3) is 10.9 Å². The molecule has 3 atom stereocenters. The molecular formula is C40H51FN6O2. The SMILES string of the molecule is C=C[C@H]1[C@H](C)C(N=C(Nc2ccc3c(=O)n(CCc4ccc(OC)cc4F)cnc3c2)N(CCN(C)C)Cc2ccccc2)CCC1(C)C. The molecule has 1 fully saturated rings. The van der Waals surface area contributed by atoms with Gasteiger partial charge in [-0.25, -0.2) is 14.4 Å². The first kappa shape index (κ1) is 35.8. The van der Waals surface area contributed by atoms with Crippen LogP contribution in [0, 0.1) is 23.1 Å². The van der Waals surface area contributed by atoms with Gasteiger partial charge >= 0.3 is 0 Å². The number of hydrogen-bond acceptors (Lipinski definition) is 5. The van der Waals surface area contributed by atoms with Gasteiger partial charge in [0.05, 0.1) is 30.4 Å². The Labute approximate surface area is 290 Å². The summed E-state index contributed by atoms with van der Waals surface area (Å²) in [5.74, 6) is 1.59. The van der Waals surface area contributed by atoms with Crippen LogP contribution in [-0.4, -0.2) is 65.6 Å². The molecule has 1 aliphatic rings. The Kier molecular flexibility index (Phi) is 11.5. The summed E-state index contributed by atoms with van der Waals surface area (Å²) in [6, 6.07) is 21.0. The number of hydrogen-bond donors (Lipinski definition) is 1. The summed E-state index contributed by atoms with van der Waals surface area (Å²) in [7, 11) is 5.67. The molecule has 1 heterocycles. The zero-order valence-corrected chi connectivity index (χ0v) is 29.8. The fraction of sp³-hybridized carbons (Fsp3) is 0.425. The quantitative estimate of drug-likeness (QED) is 0.0976. The summed E-state index contributed by atoms with van der Waals surface area (Å²) in [4.78, 5) is 28.1. The summed E-state index contributed by atoms with van der Waals surface area (Å²) in [5.41, 5.74) is 3.13. The van der Waals surface area contributed by atoms with Crippen LogP contribution in [-0.2, 0) is 19.5 Å². The molecule has 4 aromatic rings. The average molecular weight is 667 g/mol. The molecule has 0 amide bonds. The number of benzene rings is 3. The van der Waals surface area contributed by atoms with Crippen LogP contribution in [0.3, 0.4) is 0 Å². The van der Waals surface area contributed by atoms with Crippen molar-refractivity contribution < 1.29 is 9.13 Å². The van der Waals surface area contributed by atoms with Gasteiger partial charge < -0.3 is 19.9 Å². The highest BCUT2D eigenvalue weighted by Crippen LogP contribution is 2.45. The van der Waals surface area contributed by atoms with Gasteiger partial charge in [0, 0.05) is 37.9 Å². The van der Waals surface area contributed by atoms with Gasteiger partial charge in [-0.15, -0.1) is 6.58 Å². The molecule has 5 rings (SSSR count). The fourth-order valence-corrected chi connectivity index (χ4v) is 6.97. The molecule has 9 heteroatoms. The number of halogens is 1. The molecule has 49 heavy (non-hydrogen) atoms. The third kappa shape index (κ3) is 8.76. The maximum atomic E-state index is 14.5. The first-order valence-electron chi connectivity index (χ1n) is 17.2. The monoisotopic (exact) mass is 666 g/mol. The van der Waals surface area contributed by atoms with Gasteiger partial charge in [0.2, 0.25) is 0 Å². The van der Waals surface area contributed by atoms with E-state index in [2.05, 4.69) is 91.9 Å². The van der Waals surface area contributed by atoms with Gasteiger partial charge in [-0.3, -0.25) is 9.36 Å². The smallest absolute Gasteiger partial charge is 0.261 e. The molecule has 1 N–H and O–H groups in total. The minimum Gasteiger partial charge on any atom is -0.497 e. The lowest BCUT2D eigenvalue weighted by Gasteiger charge is -2.44. The Hall–Kier alpha value is -4.50. The lowest BCUT2D eigenvalue weighted by Crippen LogP contribution is -2.44. The lowest BCUT2D eigenvalue weighted by atomic mass is 9.62. The Balaban J connectivity index is 1.45. The van der Waals surface area contributed by atoms with E-state index < -0.39 is 0 Å². The minimum absolute atomic E-state index is 0.123. The van der Waals surface area contributed by atoms with Crippen molar-refractivity contribution in [2.24, 2.45) is 22.2 Å². The molecule has 1 saturated carbocycles. The number of allylic oxidation sites excluding steroid dienone is 1. The van der Waals surface area contributed by atoms with Gasteiger partial charge in [0.25, 0.3) is 5.56 Å². The average Bonchev–Trinajstić information content (AvgIpc) is 3.08. The van der Waals surface area contributed by atoms with Crippen LogP contribution in [0.1, 0.15) is 44.7 Å². The maximum absolute atomic E-state index is 14.5. The standard InChI is InChI=1S/C40H51FN6O2/c1-8-34-28(2)36(18-20-40(34,3)4)44-39(46(23-22-45(5)6)26-29-12-10-9-11-13-29)43-31-15-17-33-37(24-31)42-27-47(38(33)48)21-19-30-14-16-32(49-7)25-35(30)41/h8-17,24-25,27-28,34,36H,1,18-23,26H2,2-7H3,(H,43,44)/t28-,34-,36?/m0/s1. The van der Waals surface area contributed by atoms with E-state index >= 15 is 0 Å². The van der Waals surface area contributed by atoms with Crippen molar-refractivity contribution in [2.75, 3.05) is 39.6 Å². The molecule has 1 aliphatic carbocycles. The number of fused-ring (bicyclic) bond motifs is 1. The second-order valence-electron chi connectivity index (χ2n) is 14.2. The van der Waals surface area contributed by atoms with Crippen LogP contribution < -0.4 is 15.6 Å². The van der Waals surface area contributed by atoms with E-state index in [1.807, 2.05) is 24.3 Å². The summed E-state index contributed by atoms with van der Waals surface area (Å²) in [5, 5.41) is 4.17. The van der Waals surface area contributed by atoms with Crippen molar-refractivity contribution in [2.45, 2.75) is 59.2 Å². The number of methoxy groups -OCH3 is 1. The number of guanidine groups is 1. The van der Waals surface area contributed by atoms with Crippen LogP contribution in [0.5, 0.6) is 5.75 Å². The molecular weight excluding hydrogens is 615 g/mol. The maximum Gasteiger partial charge on any atom is 0.261 e. The number of nitrogens with zero attached hydrogens (tertiary/aromatic N) is 5. The highest BCUT2D eigenvalue weighted by atomic mass is 19.1. The molecule has 8 nitrogen and oxygen atoms in total. The number of aromatic nitrogens is 2. The van der Waals surface area contributed by atoms with E-state index in [4.69, 9.17) is 9.73 Å². The molecule has 260 valence electrons. The summed E-state index contributed by atoms with van der Waals surface area (Å²) >= 11 is 0. The first-order valence-corrected chi connectivity index (χ1v) is 17.2. The minimum atomic E-state index is -0.354. The van der Waals surface area contributed by atoms with Crippen LogP contribution in [0.2, 0.25) is 0 Å². The lowest BCUT2D eigenvalue weighted by molar-refractivity contribution is 0.105. The number of ether oxygens (including phenoxy) is 1. The van der Waals surface area contributed by atoms with Gasteiger partial charge in [0.15, 0.2) is 5.96 Å². The topological polar surface area (TPSA) is 75.0 Å². The number of aliphatic imine (C=N–C) groups is 1. The Morgan fingerprint density at radius 1 is 1.14 bits per heavy atom. The van der Waals surface area contributed by atoms with Crippen molar-refractivity contribution in [3.8, 4) is 5.75 Å². The van der Waals surface area contributed by atoms with Crippen molar-refractivity contribution in [3.05, 3.63) is 113 Å². The van der Waals surface area contributed by atoms with Crippen molar-refractivity contribution in [1.29, 1.82) is 0 Å². The largest absolute Gasteiger partial charge is 0.497 e. The van der Waals surface area contributed by atoms with Crippen molar-refractivity contribution in [3.63, 3.8) is 0 Å². The van der Waals surface area contributed by atoms with E-state index in [0.717, 1.165) is 37.6 Å². The summed E-state index contributed by atoms with van der Waals surface area (Å²) < 4.78 is 21.2. The number of aryl methyl sites for hydroxylation is 2. The summed E-state index contributed by atoms with van der Waals surface area (Å²) in [6.45, 7) is 13.8. The Morgan fingerprint density at radius 3 is 2.61 bits per heavy atom. The number of anilines is 1. The van der Waals surface area contributed by atoms with Crippen molar-refractivity contribution >= 4 is 22.5 Å². The third-order valence-corrected chi connectivity index (χ3v) is 10.00. The Bertz CT molecular complexity index is 1820. The normalized spacial score (nSPS) is 19.2. The second kappa shape index (κ2) is 15.8. The molecule has 1 unspecified atom stereocenters. The fourth-order valence-electron chi connectivity index (χ4n) is 6.97. The van der Waals surface area contributed by atoms with E-state index in [0.29, 0.717) is 53.6 Å². The predicted octanol–water partition coefficient (Wildman–Crippen LogP) is 7.25. The van der Waals surface area contributed by atoms with E-state index in [1.54, 1.807) is 18.5 Å². The number of likely N-dealkylation sites (N-methyl/N-ethyl adjacent to an activating group) is 1. The zero-order chi connectivity index (χ0) is 35.1. The van der Waals surface area contributed by atoms with Crippen molar-refractivity contribution in [1.82, 2.24) is 19.4 Å².